The molecule has 3 heterocycles. The summed E-state index contributed by atoms with van der Waals surface area (Å²) in [5.74, 6) is -2.35. The lowest BCUT2D eigenvalue weighted by Crippen LogP contribution is -2.39. The van der Waals surface area contributed by atoms with Crippen molar-refractivity contribution < 1.29 is 18.4 Å². The molecule has 1 saturated heterocycles. The van der Waals surface area contributed by atoms with Gasteiger partial charge in [0.1, 0.15) is 12.2 Å². The molecule has 2 N–H and O–H groups in total. The highest BCUT2D eigenvalue weighted by molar-refractivity contribution is 9.10. The predicted molar refractivity (Wildman–Crippen MR) is 140 cm³/mol. The molecule has 3 aromatic rings. The van der Waals surface area contributed by atoms with Crippen LogP contribution in [0.3, 0.4) is 0 Å². The Morgan fingerprint density at radius 2 is 1.89 bits per heavy atom. The van der Waals surface area contributed by atoms with Gasteiger partial charge in [-0.2, -0.15) is 4.98 Å². The lowest BCUT2D eigenvalue weighted by molar-refractivity contribution is -0.169. The van der Waals surface area contributed by atoms with E-state index in [1.807, 2.05) is 29.2 Å². The van der Waals surface area contributed by atoms with E-state index in [0.29, 0.717) is 29.1 Å². The molecule has 4 rings (SSSR count). The van der Waals surface area contributed by atoms with Gasteiger partial charge in [0.15, 0.2) is 5.82 Å². The van der Waals surface area contributed by atoms with Gasteiger partial charge in [0.2, 0.25) is 5.95 Å². The van der Waals surface area contributed by atoms with E-state index in [4.69, 9.17) is 4.84 Å². The molecule has 196 valence electrons. The fourth-order valence-electron chi connectivity index (χ4n) is 3.72. The average molecular weight is 578 g/mol. The maximum Gasteiger partial charge on any atom is 0.274 e. The number of hydrogen-bond donors (Lipinski definition) is 2. The second-order valence-corrected chi connectivity index (χ2v) is 9.31. The zero-order chi connectivity index (χ0) is 26.6. The summed E-state index contributed by atoms with van der Waals surface area (Å²) in [5, 5.41) is 7.13. The quantitative estimate of drug-likeness (QED) is 0.385. The Morgan fingerprint density at radius 1 is 1.19 bits per heavy atom. The van der Waals surface area contributed by atoms with Crippen LogP contribution in [-0.2, 0) is 16.2 Å². The van der Waals surface area contributed by atoms with Gasteiger partial charge in [-0.3, -0.25) is 14.4 Å². The van der Waals surface area contributed by atoms with Crippen molar-refractivity contribution in [2.45, 2.75) is 25.3 Å². The van der Waals surface area contributed by atoms with E-state index in [1.54, 1.807) is 18.3 Å². The van der Waals surface area contributed by atoms with Crippen LogP contribution >= 0.6 is 15.9 Å². The van der Waals surface area contributed by atoms with Crippen molar-refractivity contribution in [3.63, 3.8) is 0 Å². The summed E-state index contributed by atoms with van der Waals surface area (Å²) in [5.41, 5.74) is 1.39. The number of anilines is 5. The minimum absolute atomic E-state index is 0.150. The van der Waals surface area contributed by atoms with Gasteiger partial charge in [0.25, 0.3) is 17.4 Å². The molecule has 0 radical (unpaired) electrons. The fraction of sp³-hybridized carbons (Fsp3) is 0.333. The van der Waals surface area contributed by atoms with Gasteiger partial charge in [0, 0.05) is 56.7 Å². The summed E-state index contributed by atoms with van der Waals surface area (Å²) < 4.78 is 28.7. The van der Waals surface area contributed by atoms with Crippen molar-refractivity contribution in [1.82, 2.24) is 19.6 Å². The van der Waals surface area contributed by atoms with Gasteiger partial charge < -0.3 is 20.1 Å². The Kier molecular flexibility index (Phi) is 8.03. The Bertz CT molecular complexity index is 1310. The summed E-state index contributed by atoms with van der Waals surface area (Å²) in [4.78, 5) is 40.5. The molecule has 1 aromatic carbocycles. The lowest BCUT2D eigenvalue weighted by atomic mass is 10.1. The molecule has 13 heteroatoms. The molecule has 0 atom stereocenters. The van der Waals surface area contributed by atoms with Crippen molar-refractivity contribution in [1.29, 1.82) is 0 Å². The summed E-state index contributed by atoms with van der Waals surface area (Å²) >= 11 is 3.39. The number of carbonyl (C=O) groups is 1. The molecule has 0 unspecified atom stereocenters. The summed E-state index contributed by atoms with van der Waals surface area (Å²) in [7, 11) is 2.83. The van der Waals surface area contributed by atoms with Gasteiger partial charge in [-0.05, 0) is 52.3 Å². The number of aromatic nitrogens is 3. The summed E-state index contributed by atoms with van der Waals surface area (Å²) in [6.45, 7) is 0.429. The van der Waals surface area contributed by atoms with E-state index in [0.717, 1.165) is 10.8 Å². The van der Waals surface area contributed by atoms with Gasteiger partial charge in [0.05, 0.1) is 11.6 Å². The summed E-state index contributed by atoms with van der Waals surface area (Å²) in [6, 6.07) is 10.6. The first-order chi connectivity index (χ1) is 17.6. The monoisotopic (exact) mass is 577 g/mol. The molecule has 0 bridgehead atoms. The molecule has 0 saturated carbocycles. The van der Waals surface area contributed by atoms with Crippen LogP contribution in [0.25, 0.3) is 0 Å². The number of piperidine rings is 1. The zero-order valence-electron chi connectivity index (χ0n) is 20.2. The Hall–Kier alpha value is -3.58. The minimum Gasteiger partial charge on any atom is -0.371 e. The number of pyridine rings is 1. The molecule has 37 heavy (non-hydrogen) atoms. The SMILES string of the molecule is CON(C)C(=O)Cn1cccc(Nc2nc(Nc3ccc(N4CCC(F)(F)CC4)cc3)ncc2Br)c1=O. The fourth-order valence-corrected chi connectivity index (χ4v) is 4.01. The minimum atomic E-state index is -2.59. The highest BCUT2D eigenvalue weighted by atomic mass is 79.9. The second kappa shape index (κ2) is 11.2. The third-order valence-corrected chi connectivity index (χ3v) is 6.51. The second-order valence-electron chi connectivity index (χ2n) is 8.46. The van der Waals surface area contributed by atoms with Crippen molar-refractivity contribution in [2.24, 2.45) is 0 Å². The normalized spacial score (nSPS) is 14.8. The van der Waals surface area contributed by atoms with Crippen molar-refractivity contribution in [3.05, 3.63) is 63.6 Å². The number of nitrogens with one attached hydrogen (secondary N) is 2. The molecule has 1 amide bonds. The molecule has 0 aliphatic carbocycles. The molecule has 0 spiro atoms. The van der Waals surface area contributed by atoms with Gasteiger partial charge in [-0.15, -0.1) is 0 Å². The number of likely N-dealkylation sites (N-methyl/N-ethyl adjacent to an activating group) is 1. The number of carbonyl (C=O) groups excluding carboxylic acids is 1. The topological polar surface area (TPSA) is 105 Å². The van der Waals surface area contributed by atoms with Crippen molar-refractivity contribution in [2.75, 3.05) is 42.8 Å². The number of rotatable bonds is 8. The number of hydrogen-bond acceptors (Lipinski definition) is 8. The van der Waals surface area contributed by atoms with Crippen LogP contribution in [0.15, 0.2) is 58.1 Å². The first-order valence-corrected chi connectivity index (χ1v) is 12.2. The first kappa shape index (κ1) is 26.5. The van der Waals surface area contributed by atoms with Crippen LogP contribution < -0.4 is 21.1 Å². The molecule has 1 fully saturated rings. The Balaban J connectivity index is 1.45. The average Bonchev–Trinajstić information content (AvgIpc) is 2.88. The van der Waals surface area contributed by atoms with Gasteiger partial charge in [-0.25, -0.2) is 18.8 Å². The standard InChI is InChI=1S/C24H26BrF2N7O3/c1-32(37-2)20(35)15-34-11-3-4-19(22(34)36)30-21-18(25)14-28-23(31-21)29-16-5-7-17(8-6-16)33-12-9-24(26,27)10-13-33/h3-8,11,14H,9-10,12-13,15H2,1-2H3,(H2,28,29,30,31). The van der Waals surface area contributed by atoms with Crippen LogP contribution in [0.5, 0.6) is 0 Å². The molecule has 2 aromatic heterocycles. The van der Waals surface area contributed by atoms with E-state index >= 15 is 0 Å². The van der Waals surface area contributed by atoms with E-state index in [1.165, 1.54) is 24.9 Å². The molecular weight excluding hydrogens is 552 g/mol. The smallest absolute Gasteiger partial charge is 0.274 e. The van der Waals surface area contributed by atoms with Crippen molar-refractivity contribution in [3.8, 4) is 0 Å². The van der Waals surface area contributed by atoms with Crippen molar-refractivity contribution >= 4 is 50.7 Å². The molecule has 1 aliphatic heterocycles. The highest BCUT2D eigenvalue weighted by Crippen LogP contribution is 2.31. The zero-order valence-corrected chi connectivity index (χ0v) is 21.8. The van der Waals surface area contributed by atoms with Crippen LogP contribution in [-0.4, -0.2) is 58.7 Å². The third kappa shape index (κ3) is 6.60. The number of benzene rings is 1. The van der Waals surface area contributed by atoms with Gasteiger partial charge >= 0.3 is 0 Å². The Labute approximate surface area is 220 Å². The first-order valence-electron chi connectivity index (χ1n) is 11.4. The molecule has 1 aliphatic rings. The van der Waals surface area contributed by atoms with Crippen LogP contribution in [0, 0.1) is 0 Å². The number of alkyl halides is 2. The van der Waals surface area contributed by atoms with Crippen LogP contribution in [0.2, 0.25) is 0 Å². The number of nitrogens with zero attached hydrogens (tertiary/aromatic N) is 5. The number of amides is 1. The Morgan fingerprint density at radius 3 is 2.57 bits per heavy atom. The maximum atomic E-state index is 13.4. The number of halogens is 3. The highest BCUT2D eigenvalue weighted by Gasteiger charge is 2.34. The van der Waals surface area contributed by atoms with E-state index in [2.05, 4.69) is 36.5 Å². The summed E-state index contributed by atoms with van der Waals surface area (Å²) in [6.07, 6.45) is 2.75. The molecular formula is C24H26BrF2N7O3. The largest absolute Gasteiger partial charge is 0.371 e. The van der Waals surface area contributed by atoms with Gasteiger partial charge in [-0.1, -0.05) is 0 Å². The predicted octanol–water partition coefficient (Wildman–Crippen LogP) is 4.14. The molecule has 10 nitrogen and oxygen atoms in total. The number of hydroxylamine groups is 2. The van der Waals surface area contributed by atoms with Crippen LogP contribution in [0.4, 0.5) is 37.6 Å². The van der Waals surface area contributed by atoms with E-state index < -0.39 is 11.5 Å². The van der Waals surface area contributed by atoms with E-state index in [-0.39, 0.29) is 36.9 Å². The third-order valence-electron chi connectivity index (χ3n) is 5.93. The van der Waals surface area contributed by atoms with Crippen LogP contribution in [0.1, 0.15) is 12.8 Å². The lowest BCUT2D eigenvalue weighted by Gasteiger charge is -2.33. The van der Waals surface area contributed by atoms with E-state index in [9.17, 15) is 18.4 Å². The maximum absolute atomic E-state index is 13.4.